The van der Waals surface area contributed by atoms with E-state index in [1.807, 2.05) is 51.1 Å². The van der Waals surface area contributed by atoms with Gasteiger partial charge in [0.2, 0.25) is 5.91 Å². The number of aromatic hydroxyl groups is 1. The normalized spacial score (nSPS) is 14.0. The Morgan fingerprint density at radius 3 is 2.05 bits per heavy atom. The van der Waals surface area contributed by atoms with Crippen LogP contribution in [-0.4, -0.2) is 66.3 Å². The van der Waals surface area contributed by atoms with Gasteiger partial charge in [0.15, 0.2) is 0 Å². The Kier molecular flexibility index (Phi) is 10.9. The van der Waals surface area contributed by atoms with Crippen LogP contribution in [0.3, 0.4) is 0 Å². The van der Waals surface area contributed by atoms with Gasteiger partial charge in [0.25, 0.3) is 0 Å². The fraction of sp³-hybridized carbons (Fsp3) is 0.351. The molecule has 4 rings (SSSR count). The number of nitrogens with zero attached hydrogens (tertiary/aromatic N) is 2. The molecule has 232 valence electrons. The zero-order valence-electron chi connectivity index (χ0n) is 26.5. The molecule has 1 fully saturated rings. The number of amides is 2. The van der Waals surface area contributed by atoms with Crippen molar-refractivity contribution in [1.82, 2.24) is 9.80 Å². The second-order valence-electron chi connectivity index (χ2n) is 12.3. The number of carbonyl (C=O) groups excluding carboxylic acids is 2. The molecule has 3 aromatic rings. The monoisotopic (exact) mass is 596 g/mol. The number of benzene rings is 3. The maximum atomic E-state index is 12.8. The number of phenolic OH excluding ortho intramolecular Hbond substituents is 1. The van der Waals surface area contributed by atoms with Gasteiger partial charge in [-0.3, -0.25) is 4.79 Å². The first-order valence-electron chi connectivity index (χ1n) is 15.2. The predicted molar refractivity (Wildman–Crippen MR) is 175 cm³/mol. The highest BCUT2D eigenvalue weighted by atomic mass is 16.6. The number of allylic oxidation sites excluding steroid dienone is 1. The van der Waals surface area contributed by atoms with Crippen LogP contribution in [0.2, 0.25) is 0 Å². The molecule has 0 atom stereocenters. The fourth-order valence-electron chi connectivity index (χ4n) is 5.01. The number of hydrogen-bond donors (Lipinski definition) is 1. The zero-order chi connectivity index (χ0) is 31.7. The lowest BCUT2D eigenvalue weighted by Gasteiger charge is -2.31. The molecule has 0 aliphatic heterocycles. The van der Waals surface area contributed by atoms with Crippen molar-refractivity contribution in [2.75, 3.05) is 33.8 Å². The van der Waals surface area contributed by atoms with Crippen molar-refractivity contribution in [1.29, 1.82) is 0 Å². The average molecular weight is 597 g/mol. The minimum atomic E-state index is -0.643. The van der Waals surface area contributed by atoms with Crippen molar-refractivity contribution in [3.05, 3.63) is 108 Å². The van der Waals surface area contributed by atoms with Crippen LogP contribution in [0.5, 0.6) is 11.5 Å². The first kappa shape index (κ1) is 32.4. The third-order valence-electron chi connectivity index (χ3n) is 7.48. The smallest absolute Gasteiger partial charge is 0.410 e. The Balaban J connectivity index is 1.54. The number of likely N-dealkylation sites (N-methyl/N-ethyl adjacent to an activating group) is 1. The largest absolute Gasteiger partial charge is 0.508 e. The molecule has 7 heteroatoms. The van der Waals surface area contributed by atoms with Crippen LogP contribution in [0.25, 0.3) is 11.1 Å². The molecule has 1 aliphatic carbocycles. The molecule has 7 nitrogen and oxygen atoms in total. The molecule has 0 saturated heterocycles. The first-order valence-corrected chi connectivity index (χ1v) is 15.2. The molecule has 0 spiro atoms. The van der Waals surface area contributed by atoms with Crippen LogP contribution in [-0.2, 0) is 9.53 Å². The van der Waals surface area contributed by atoms with Crippen LogP contribution in [0, 0.1) is 5.92 Å². The second kappa shape index (κ2) is 14.8. The van der Waals surface area contributed by atoms with Crippen LogP contribution in [0.15, 0.2) is 91.0 Å². The van der Waals surface area contributed by atoms with Gasteiger partial charge in [-0.25, -0.2) is 4.79 Å². The summed E-state index contributed by atoms with van der Waals surface area (Å²) in [4.78, 5) is 27.8. The average Bonchev–Trinajstić information content (AvgIpc) is 2.96. The molecular formula is C37H44N2O5. The van der Waals surface area contributed by atoms with Gasteiger partial charge in [-0.05, 0) is 91.6 Å². The maximum absolute atomic E-state index is 12.8. The summed E-state index contributed by atoms with van der Waals surface area (Å²) in [5.41, 5.74) is 5.17. The van der Waals surface area contributed by atoms with Crippen molar-refractivity contribution in [3.8, 4) is 11.5 Å². The van der Waals surface area contributed by atoms with E-state index < -0.39 is 11.7 Å². The van der Waals surface area contributed by atoms with E-state index in [4.69, 9.17) is 9.47 Å². The molecule has 1 N–H and O–H groups in total. The van der Waals surface area contributed by atoms with E-state index in [2.05, 4.69) is 36.4 Å². The standard InChI is InChI=1S/C37H44N2O5/c1-37(2,3)44-36(42)39(24-10-15-33(41)38(4)5)25-26-43-32-22-18-30(19-23-32)35(29-16-20-31(40)21-17-29)34(28-13-9-14-28)27-11-7-6-8-12-27/h6-8,10-12,15-23,28,40H,9,13-14,24-26H2,1-5H3/b15-10+,35-34+. The third kappa shape index (κ3) is 8.99. The number of rotatable bonds is 11. The van der Waals surface area contributed by atoms with Crippen molar-refractivity contribution < 1.29 is 24.2 Å². The Bertz CT molecular complexity index is 1450. The number of hydrogen-bond acceptors (Lipinski definition) is 5. The molecule has 0 bridgehead atoms. The Labute approximate surface area is 261 Å². The molecule has 2 amide bonds. The molecule has 1 aliphatic rings. The molecule has 3 aromatic carbocycles. The fourth-order valence-corrected chi connectivity index (χ4v) is 5.01. The highest BCUT2D eigenvalue weighted by molar-refractivity contribution is 5.99. The van der Waals surface area contributed by atoms with Crippen molar-refractivity contribution in [2.45, 2.75) is 45.6 Å². The number of phenols is 1. The number of ether oxygens (including phenoxy) is 2. The highest BCUT2D eigenvalue weighted by Gasteiger charge is 2.27. The molecule has 1 saturated carbocycles. The second-order valence-corrected chi connectivity index (χ2v) is 12.3. The van der Waals surface area contributed by atoms with Gasteiger partial charge < -0.3 is 24.4 Å². The van der Waals surface area contributed by atoms with Crippen molar-refractivity contribution in [3.63, 3.8) is 0 Å². The highest BCUT2D eigenvalue weighted by Crippen LogP contribution is 2.45. The Morgan fingerprint density at radius 2 is 1.50 bits per heavy atom. The van der Waals surface area contributed by atoms with E-state index in [-0.39, 0.29) is 31.4 Å². The van der Waals surface area contributed by atoms with Gasteiger partial charge in [0.1, 0.15) is 23.7 Å². The van der Waals surface area contributed by atoms with E-state index in [1.54, 1.807) is 32.3 Å². The Hall–Kier alpha value is -4.52. The third-order valence-corrected chi connectivity index (χ3v) is 7.48. The quantitative estimate of drug-likeness (QED) is 0.184. The lowest BCUT2D eigenvalue weighted by Crippen LogP contribution is -2.39. The van der Waals surface area contributed by atoms with Gasteiger partial charge in [-0.15, -0.1) is 0 Å². The minimum absolute atomic E-state index is 0.154. The van der Waals surface area contributed by atoms with E-state index in [1.165, 1.54) is 33.4 Å². The van der Waals surface area contributed by atoms with E-state index in [9.17, 15) is 14.7 Å². The van der Waals surface area contributed by atoms with Crippen LogP contribution in [0.1, 0.15) is 56.7 Å². The van der Waals surface area contributed by atoms with Crippen LogP contribution >= 0.6 is 0 Å². The molecule has 44 heavy (non-hydrogen) atoms. The molecular weight excluding hydrogens is 552 g/mol. The first-order chi connectivity index (χ1) is 21.0. The summed E-state index contributed by atoms with van der Waals surface area (Å²) in [5.74, 6) is 1.24. The summed E-state index contributed by atoms with van der Waals surface area (Å²) in [6.45, 7) is 6.23. The van der Waals surface area contributed by atoms with Gasteiger partial charge in [-0.2, -0.15) is 0 Å². The minimum Gasteiger partial charge on any atom is -0.508 e. The van der Waals surface area contributed by atoms with E-state index in [0.717, 1.165) is 29.5 Å². The van der Waals surface area contributed by atoms with Crippen molar-refractivity contribution in [2.24, 2.45) is 5.92 Å². The summed E-state index contributed by atoms with van der Waals surface area (Å²) in [7, 11) is 3.35. The van der Waals surface area contributed by atoms with Gasteiger partial charge in [-0.1, -0.05) is 67.1 Å². The van der Waals surface area contributed by atoms with Gasteiger partial charge in [0.05, 0.1) is 6.54 Å². The van der Waals surface area contributed by atoms with Crippen LogP contribution < -0.4 is 4.74 Å². The van der Waals surface area contributed by atoms with Crippen LogP contribution in [0.4, 0.5) is 4.79 Å². The summed E-state index contributed by atoms with van der Waals surface area (Å²) < 4.78 is 11.6. The topological polar surface area (TPSA) is 79.3 Å². The van der Waals surface area contributed by atoms with E-state index in [0.29, 0.717) is 11.7 Å². The summed E-state index contributed by atoms with van der Waals surface area (Å²) in [6.07, 6.45) is 6.16. The summed E-state index contributed by atoms with van der Waals surface area (Å²) in [6, 6.07) is 26.0. The summed E-state index contributed by atoms with van der Waals surface area (Å²) in [5, 5.41) is 9.99. The van der Waals surface area contributed by atoms with Crippen molar-refractivity contribution >= 4 is 23.1 Å². The summed E-state index contributed by atoms with van der Waals surface area (Å²) >= 11 is 0. The molecule has 0 radical (unpaired) electrons. The predicted octanol–water partition coefficient (Wildman–Crippen LogP) is 7.41. The zero-order valence-corrected chi connectivity index (χ0v) is 26.5. The molecule has 0 heterocycles. The maximum Gasteiger partial charge on any atom is 0.410 e. The molecule has 0 unspecified atom stereocenters. The molecule has 0 aromatic heterocycles. The number of carbonyl (C=O) groups is 2. The SMILES string of the molecule is CN(C)C(=O)/C=C/CN(CCOc1ccc(/C(=C(\c2ccccc2)C2CCC2)c2ccc(O)cc2)cc1)C(=O)OC(C)(C)C. The van der Waals surface area contributed by atoms with Gasteiger partial charge in [0, 0.05) is 26.7 Å². The van der Waals surface area contributed by atoms with E-state index >= 15 is 0 Å². The lowest BCUT2D eigenvalue weighted by atomic mass is 9.73. The Morgan fingerprint density at radius 1 is 0.886 bits per heavy atom. The lowest BCUT2D eigenvalue weighted by molar-refractivity contribution is -0.123. The van der Waals surface area contributed by atoms with Gasteiger partial charge >= 0.3 is 6.09 Å².